The highest BCUT2D eigenvalue weighted by Gasteiger charge is 2.16. The molecule has 1 aliphatic heterocycles. The Kier molecular flexibility index (Phi) is 7.64. The zero-order valence-electron chi connectivity index (χ0n) is 15.9. The number of nitrogens with zero attached hydrogens (tertiary/aromatic N) is 2. The number of hydrogen-bond donors (Lipinski definition) is 3. The van der Waals surface area contributed by atoms with E-state index in [-0.39, 0.29) is 30.0 Å². The number of carbonyl (C=O) groups excluding carboxylic acids is 1. The highest BCUT2D eigenvalue weighted by atomic mass is 35.5. The van der Waals surface area contributed by atoms with Gasteiger partial charge in [0.25, 0.3) is 5.91 Å². The summed E-state index contributed by atoms with van der Waals surface area (Å²) in [6, 6.07) is 14.9. The van der Waals surface area contributed by atoms with Gasteiger partial charge in [-0.1, -0.05) is 41.4 Å². The van der Waals surface area contributed by atoms with Crippen molar-refractivity contribution in [3.05, 3.63) is 76.2 Å². The standard InChI is InChI=1S/C21H19Cl2N5O.ClH/c22-16-5-4-14(9-17(16)23)18-10-19(27-12-26-18)21(29)28-15-3-1-2-13(8-15)20-11-24-6-7-25-20;/h1-5,8-10,12,20,24-25H,6-7,11H2,(H,28,29);1H. The van der Waals surface area contributed by atoms with E-state index in [2.05, 4.69) is 25.9 Å². The lowest BCUT2D eigenvalue weighted by molar-refractivity contribution is 0.102. The Labute approximate surface area is 190 Å². The molecule has 3 N–H and O–H groups in total. The molecule has 6 nitrogen and oxygen atoms in total. The van der Waals surface area contributed by atoms with Gasteiger partial charge in [0.15, 0.2) is 0 Å². The average Bonchev–Trinajstić information content (AvgIpc) is 2.76. The van der Waals surface area contributed by atoms with Gasteiger partial charge in [0.1, 0.15) is 12.0 Å². The van der Waals surface area contributed by atoms with Gasteiger partial charge in [0, 0.05) is 36.9 Å². The van der Waals surface area contributed by atoms with Crippen LogP contribution in [0.15, 0.2) is 54.9 Å². The molecule has 4 rings (SSSR count). The van der Waals surface area contributed by atoms with E-state index in [0.29, 0.717) is 15.7 Å². The molecule has 1 saturated heterocycles. The first-order valence-corrected chi connectivity index (χ1v) is 9.98. The molecule has 1 aliphatic rings. The number of benzene rings is 2. The lowest BCUT2D eigenvalue weighted by atomic mass is 10.0. The maximum Gasteiger partial charge on any atom is 0.274 e. The van der Waals surface area contributed by atoms with Crippen LogP contribution in [0.1, 0.15) is 22.1 Å². The van der Waals surface area contributed by atoms with E-state index in [1.165, 1.54) is 6.33 Å². The molecule has 1 amide bonds. The highest BCUT2D eigenvalue weighted by Crippen LogP contribution is 2.27. The molecule has 0 spiro atoms. The molecule has 1 fully saturated rings. The monoisotopic (exact) mass is 463 g/mol. The van der Waals surface area contributed by atoms with Crippen molar-refractivity contribution in [2.75, 3.05) is 25.0 Å². The minimum atomic E-state index is -0.305. The summed E-state index contributed by atoms with van der Waals surface area (Å²) in [7, 11) is 0. The smallest absolute Gasteiger partial charge is 0.274 e. The molecule has 1 unspecified atom stereocenters. The Balaban J connectivity index is 0.00000256. The molecule has 30 heavy (non-hydrogen) atoms. The molecular weight excluding hydrogens is 445 g/mol. The van der Waals surface area contributed by atoms with Crippen molar-refractivity contribution in [3.8, 4) is 11.3 Å². The largest absolute Gasteiger partial charge is 0.321 e. The predicted octanol–water partition coefficient (Wildman–Crippen LogP) is 4.36. The second-order valence-corrected chi connectivity index (χ2v) is 7.52. The quantitative estimate of drug-likeness (QED) is 0.535. The highest BCUT2D eigenvalue weighted by molar-refractivity contribution is 6.42. The van der Waals surface area contributed by atoms with Crippen LogP contribution in [0.3, 0.4) is 0 Å². The lowest BCUT2D eigenvalue weighted by Crippen LogP contribution is -2.42. The summed E-state index contributed by atoms with van der Waals surface area (Å²) < 4.78 is 0. The van der Waals surface area contributed by atoms with Gasteiger partial charge in [0.05, 0.1) is 15.7 Å². The molecule has 156 valence electrons. The van der Waals surface area contributed by atoms with E-state index in [4.69, 9.17) is 23.2 Å². The number of hydrogen-bond acceptors (Lipinski definition) is 5. The van der Waals surface area contributed by atoms with E-state index in [0.717, 1.165) is 36.4 Å². The molecule has 2 aromatic carbocycles. The van der Waals surface area contributed by atoms with Gasteiger partial charge in [0.2, 0.25) is 0 Å². The maximum atomic E-state index is 12.7. The maximum absolute atomic E-state index is 12.7. The summed E-state index contributed by atoms with van der Waals surface area (Å²) in [6.45, 7) is 2.73. The Morgan fingerprint density at radius 3 is 2.67 bits per heavy atom. The van der Waals surface area contributed by atoms with E-state index >= 15 is 0 Å². The fourth-order valence-corrected chi connectivity index (χ4v) is 3.51. The van der Waals surface area contributed by atoms with Crippen LogP contribution in [0.4, 0.5) is 5.69 Å². The third kappa shape index (κ3) is 5.28. The third-order valence-corrected chi connectivity index (χ3v) is 5.44. The van der Waals surface area contributed by atoms with Crippen molar-refractivity contribution in [2.24, 2.45) is 0 Å². The number of aromatic nitrogens is 2. The first-order valence-electron chi connectivity index (χ1n) is 9.23. The average molecular weight is 465 g/mol. The summed E-state index contributed by atoms with van der Waals surface area (Å²) in [4.78, 5) is 21.1. The van der Waals surface area contributed by atoms with E-state index in [1.807, 2.05) is 24.3 Å². The van der Waals surface area contributed by atoms with Crippen LogP contribution in [-0.4, -0.2) is 35.5 Å². The topological polar surface area (TPSA) is 78.9 Å². The Morgan fingerprint density at radius 2 is 1.90 bits per heavy atom. The summed E-state index contributed by atoms with van der Waals surface area (Å²) in [5.41, 5.74) is 3.45. The first kappa shape index (κ1) is 22.5. The van der Waals surface area contributed by atoms with Gasteiger partial charge in [-0.25, -0.2) is 9.97 Å². The zero-order chi connectivity index (χ0) is 20.2. The van der Waals surface area contributed by atoms with Crippen LogP contribution >= 0.6 is 35.6 Å². The van der Waals surface area contributed by atoms with Crippen LogP contribution < -0.4 is 16.0 Å². The minimum absolute atomic E-state index is 0. The summed E-state index contributed by atoms with van der Waals surface area (Å²) in [5, 5.41) is 10.6. The number of halogens is 3. The van der Waals surface area contributed by atoms with E-state index in [9.17, 15) is 4.79 Å². The zero-order valence-corrected chi connectivity index (χ0v) is 18.2. The van der Waals surface area contributed by atoms with Crippen molar-refractivity contribution < 1.29 is 4.79 Å². The molecule has 2 heterocycles. The molecule has 1 atom stereocenters. The first-order chi connectivity index (χ1) is 14.1. The molecule has 0 aliphatic carbocycles. The number of rotatable bonds is 4. The van der Waals surface area contributed by atoms with Crippen LogP contribution in [0, 0.1) is 0 Å². The predicted molar refractivity (Wildman–Crippen MR) is 123 cm³/mol. The number of nitrogens with one attached hydrogen (secondary N) is 3. The summed E-state index contributed by atoms with van der Waals surface area (Å²) >= 11 is 12.1. The summed E-state index contributed by atoms with van der Waals surface area (Å²) in [5.74, 6) is -0.305. The molecule has 0 bridgehead atoms. The SMILES string of the molecule is Cl.O=C(Nc1cccc(C2CNCCN2)c1)c1cc(-c2ccc(Cl)c(Cl)c2)ncn1. The van der Waals surface area contributed by atoms with Gasteiger partial charge >= 0.3 is 0 Å². The Bertz CT molecular complexity index is 1040. The normalized spacial score (nSPS) is 15.9. The van der Waals surface area contributed by atoms with Crippen molar-refractivity contribution in [3.63, 3.8) is 0 Å². The second-order valence-electron chi connectivity index (χ2n) is 6.71. The van der Waals surface area contributed by atoms with Gasteiger partial charge < -0.3 is 16.0 Å². The van der Waals surface area contributed by atoms with Crippen LogP contribution in [0.2, 0.25) is 10.0 Å². The number of anilines is 1. The molecule has 9 heteroatoms. The second kappa shape index (κ2) is 10.2. The summed E-state index contributed by atoms with van der Waals surface area (Å²) in [6.07, 6.45) is 1.36. The van der Waals surface area contributed by atoms with Crippen molar-refractivity contribution in [1.82, 2.24) is 20.6 Å². The number of piperazine rings is 1. The van der Waals surface area contributed by atoms with Crippen LogP contribution in [-0.2, 0) is 0 Å². The molecule has 0 radical (unpaired) electrons. The third-order valence-electron chi connectivity index (χ3n) is 4.70. The van der Waals surface area contributed by atoms with E-state index in [1.54, 1.807) is 24.3 Å². The lowest BCUT2D eigenvalue weighted by Gasteiger charge is -2.25. The Morgan fingerprint density at radius 1 is 1.03 bits per heavy atom. The molecule has 3 aromatic rings. The molecule has 0 saturated carbocycles. The number of amides is 1. The minimum Gasteiger partial charge on any atom is -0.321 e. The van der Waals surface area contributed by atoms with Crippen LogP contribution in [0.25, 0.3) is 11.3 Å². The molecule has 1 aromatic heterocycles. The van der Waals surface area contributed by atoms with Crippen molar-refractivity contribution >= 4 is 47.2 Å². The fourth-order valence-electron chi connectivity index (χ4n) is 3.21. The fraction of sp³-hybridized carbons (Fsp3) is 0.190. The van der Waals surface area contributed by atoms with Crippen LogP contribution in [0.5, 0.6) is 0 Å². The van der Waals surface area contributed by atoms with Gasteiger partial charge in [-0.3, -0.25) is 4.79 Å². The van der Waals surface area contributed by atoms with Gasteiger partial charge in [-0.15, -0.1) is 12.4 Å². The van der Waals surface area contributed by atoms with Gasteiger partial charge in [-0.2, -0.15) is 0 Å². The number of carbonyl (C=O) groups is 1. The van der Waals surface area contributed by atoms with Crippen molar-refractivity contribution in [2.45, 2.75) is 6.04 Å². The van der Waals surface area contributed by atoms with Crippen molar-refractivity contribution in [1.29, 1.82) is 0 Å². The van der Waals surface area contributed by atoms with Gasteiger partial charge in [-0.05, 0) is 35.9 Å². The Hall–Kier alpha value is -2.22. The molecular formula is C21H20Cl3N5O. The van der Waals surface area contributed by atoms with E-state index < -0.39 is 0 Å².